The van der Waals surface area contributed by atoms with Crippen molar-refractivity contribution in [1.29, 1.82) is 5.26 Å². The smallest absolute Gasteiger partial charge is 0.254 e. The second-order valence-electron chi connectivity index (χ2n) is 6.94. The van der Waals surface area contributed by atoms with Crippen molar-refractivity contribution in [3.05, 3.63) is 105 Å². The molecule has 5 heteroatoms. The molecule has 138 valence electrons. The van der Waals surface area contributed by atoms with Crippen molar-refractivity contribution in [1.82, 2.24) is 9.47 Å². The minimum absolute atomic E-state index is 0.0240. The summed E-state index contributed by atoms with van der Waals surface area (Å²) in [6, 6.07) is 20.4. The molecule has 5 nitrogen and oxygen atoms in total. The Balaban J connectivity index is 1.59. The van der Waals surface area contributed by atoms with E-state index in [2.05, 4.69) is 6.07 Å². The van der Waals surface area contributed by atoms with Crippen LogP contribution in [0.1, 0.15) is 32.6 Å². The number of hydrogen-bond acceptors (Lipinski definition) is 3. The van der Waals surface area contributed by atoms with Crippen LogP contribution in [0.15, 0.2) is 71.7 Å². The summed E-state index contributed by atoms with van der Waals surface area (Å²) in [4.78, 5) is 27.1. The molecule has 0 saturated heterocycles. The lowest BCUT2D eigenvalue weighted by Crippen LogP contribution is -2.37. The predicted molar refractivity (Wildman–Crippen MR) is 106 cm³/mol. The van der Waals surface area contributed by atoms with E-state index < -0.39 is 0 Å². The van der Waals surface area contributed by atoms with Gasteiger partial charge in [0.05, 0.1) is 18.2 Å². The van der Waals surface area contributed by atoms with Crippen LogP contribution in [-0.4, -0.2) is 21.9 Å². The van der Waals surface area contributed by atoms with Crippen molar-refractivity contribution < 1.29 is 4.79 Å². The third-order valence-electron chi connectivity index (χ3n) is 5.04. The fraction of sp³-hybridized carbons (Fsp3) is 0.174. The van der Waals surface area contributed by atoms with Crippen LogP contribution >= 0.6 is 0 Å². The van der Waals surface area contributed by atoms with Crippen LogP contribution in [0.2, 0.25) is 0 Å². The molecule has 0 unspecified atom stereocenters. The summed E-state index contributed by atoms with van der Waals surface area (Å²) in [5.74, 6) is -0.0939. The SMILES string of the molecule is N#Cc1cccc(C(=O)N2CCc3cc(=O)n(Cc4ccccc4)cc3C2)c1. The number of nitriles is 1. The Hall–Kier alpha value is -3.65. The summed E-state index contributed by atoms with van der Waals surface area (Å²) >= 11 is 0. The molecular weight excluding hydrogens is 350 g/mol. The van der Waals surface area contributed by atoms with Crippen molar-refractivity contribution in [2.75, 3.05) is 6.54 Å². The summed E-state index contributed by atoms with van der Waals surface area (Å²) in [7, 11) is 0. The third kappa shape index (κ3) is 3.58. The van der Waals surface area contributed by atoms with E-state index in [1.54, 1.807) is 39.8 Å². The molecule has 1 aliphatic rings. The monoisotopic (exact) mass is 369 g/mol. The van der Waals surface area contributed by atoms with Gasteiger partial charge in [-0.15, -0.1) is 0 Å². The summed E-state index contributed by atoms with van der Waals surface area (Å²) in [6.45, 7) is 1.52. The Labute approximate surface area is 163 Å². The Morgan fingerprint density at radius 2 is 1.86 bits per heavy atom. The molecule has 0 aliphatic carbocycles. The molecule has 3 aromatic rings. The minimum Gasteiger partial charge on any atom is -0.334 e. The molecule has 1 amide bonds. The number of carbonyl (C=O) groups excluding carboxylic acids is 1. The van der Waals surface area contributed by atoms with Crippen molar-refractivity contribution in [2.45, 2.75) is 19.5 Å². The quantitative estimate of drug-likeness (QED) is 0.713. The molecule has 0 atom stereocenters. The molecule has 0 saturated carbocycles. The van der Waals surface area contributed by atoms with Crippen LogP contribution in [-0.2, 0) is 19.5 Å². The van der Waals surface area contributed by atoms with Gasteiger partial charge in [0.25, 0.3) is 11.5 Å². The van der Waals surface area contributed by atoms with E-state index in [4.69, 9.17) is 5.26 Å². The van der Waals surface area contributed by atoms with Gasteiger partial charge in [-0.2, -0.15) is 5.26 Å². The van der Waals surface area contributed by atoms with Gasteiger partial charge in [0, 0.05) is 30.9 Å². The highest BCUT2D eigenvalue weighted by Gasteiger charge is 2.23. The Morgan fingerprint density at radius 3 is 2.64 bits per heavy atom. The zero-order chi connectivity index (χ0) is 19.5. The maximum atomic E-state index is 12.9. The average molecular weight is 369 g/mol. The second-order valence-corrected chi connectivity index (χ2v) is 6.94. The zero-order valence-electron chi connectivity index (χ0n) is 15.3. The van der Waals surface area contributed by atoms with Gasteiger partial charge in [0.15, 0.2) is 0 Å². The maximum absolute atomic E-state index is 12.9. The van der Waals surface area contributed by atoms with E-state index in [1.807, 2.05) is 36.5 Å². The van der Waals surface area contributed by atoms with Gasteiger partial charge in [0.1, 0.15) is 0 Å². The fourth-order valence-electron chi connectivity index (χ4n) is 3.56. The van der Waals surface area contributed by atoms with E-state index >= 15 is 0 Å². The third-order valence-corrected chi connectivity index (χ3v) is 5.04. The predicted octanol–water partition coefficient (Wildman–Crippen LogP) is 2.97. The Kier molecular flexibility index (Phi) is 4.77. The molecule has 4 rings (SSSR count). The summed E-state index contributed by atoms with van der Waals surface area (Å²) in [5, 5.41) is 9.05. The van der Waals surface area contributed by atoms with Crippen molar-refractivity contribution in [2.24, 2.45) is 0 Å². The number of amides is 1. The molecule has 0 fully saturated rings. The van der Waals surface area contributed by atoms with E-state index in [-0.39, 0.29) is 11.5 Å². The highest BCUT2D eigenvalue weighted by molar-refractivity contribution is 5.94. The molecule has 0 spiro atoms. The maximum Gasteiger partial charge on any atom is 0.254 e. The summed E-state index contributed by atoms with van der Waals surface area (Å²) < 4.78 is 1.69. The van der Waals surface area contributed by atoms with E-state index in [1.165, 1.54) is 0 Å². The lowest BCUT2D eigenvalue weighted by Gasteiger charge is -2.29. The Bertz CT molecular complexity index is 1130. The van der Waals surface area contributed by atoms with Crippen LogP contribution < -0.4 is 5.56 Å². The van der Waals surface area contributed by atoms with Crippen molar-refractivity contribution >= 4 is 5.91 Å². The Morgan fingerprint density at radius 1 is 1.04 bits per heavy atom. The number of benzene rings is 2. The number of aromatic nitrogens is 1. The van der Waals surface area contributed by atoms with E-state index in [0.717, 1.165) is 16.7 Å². The minimum atomic E-state index is -0.0939. The number of pyridine rings is 1. The van der Waals surface area contributed by atoms with Gasteiger partial charge in [-0.3, -0.25) is 9.59 Å². The number of hydrogen-bond donors (Lipinski definition) is 0. The van der Waals surface area contributed by atoms with Crippen LogP contribution in [0.5, 0.6) is 0 Å². The van der Waals surface area contributed by atoms with Crippen LogP contribution in [0.25, 0.3) is 0 Å². The molecular formula is C23H19N3O2. The van der Waals surface area contributed by atoms with Crippen LogP contribution in [0.3, 0.4) is 0 Å². The first kappa shape index (κ1) is 17.7. The van der Waals surface area contributed by atoms with Crippen molar-refractivity contribution in [3.8, 4) is 6.07 Å². The topological polar surface area (TPSA) is 66.1 Å². The van der Waals surface area contributed by atoms with Crippen LogP contribution in [0, 0.1) is 11.3 Å². The lowest BCUT2D eigenvalue weighted by atomic mass is 10.0. The number of rotatable bonds is 3. The molecule has 2 aromatic carbocycles. The molecule has 28 heavy (non-hydrogen) atoms. The first-order valence-corrected chi connectivity index (χ1v) is 9.19. The molecule has 1 aliphatic heterocycles. The van der Waals surface area contributed by atoms with Crippen molar-refractivity contribution in [3.63, 3.8) is 0 Å². The largest absolute Gasteiger partial charge is 0.334 e. The lowest BCUT2D eigenvalue weighted by molar-refractivity contribution is 0.0734. The van der Waals surface area contributed by atoms with Gasteiger partial charge in [-0.05, 0) is 41.3 Å². The summed E-state index contributed by atoms with van der Waals surface area (Å²) in [5.41, 5.74) is 4.02. The normalized spacial score (nSPS) is 12.9. The first-order chi connectivity index (χ1) is 13.6. The average Bonchev–Trinajstić information content (AvgIpc) is 2.74. The molecule has 0 N–H and O–H groups in total. The first-order valence-electron chi connectivity index (χ1n) is 9.19. The van der Waals surface area contributed by atoms with Gasteiger partial charge in [0.2, 0.25) is 0 Å². The molecule has 2 heterocycles. The van der Waals surface area contributed by atoms with E-state index in [0.29, 0.717) is 37.2 Å². The van der Waals surface area contributed by atoms with Gasteiger partial charge >= 0.3 is 0 Å². The standard InChI is InChI=1S/C23H19N3O2/c24-13-18-7-4-8-20(11-18)23(28)25-10-9-19-12-22(27)26(16-21(19)15-25)14-17-5-2-1-3-6-17/h1-8,11-12,16H,9-10,14-15H2. The van der Waals surface area contributed by atoms with Crippen LogP contribution in [0.4, 0.5) is 0 Å². The molecule has 1 aromatic heterocycles. The van der Waals surface area contributed by atoms with Gasteiger partial charge < -0.3 is 9.47 Å². The fourth-order valence-corrected chi connectivity index (χ4v) is 3.56. The molecule has 0 bridgehead atoms. The molecule has 0 radical (unpaired) electrons. The number of fused-ring (bicyclic) bond motifs is 1. The van der Waals surface area contributed by atoms with Gasteiger partial charge in [-0.1, -0.05) is 36.4 Å². The zero-order valence-corrected chi connectivity index (χ0v) is 15.3. The number of carbonyl (C=O) groups is 1. The highest BCUT2D eigenvalue weighted by Crippen LogP contribution is 2.20. The second kappa shape index (κ2) is 7.53. The highest BCUT2D eigenvalue weighted by atomic mass is 16.2. The number of nitrogens with zero attached hydrogens (tertiary/aromatic N) is 3. The van der Waals surface area contributed by atoms with E-state index in [9.17, 15) is 9.59 Å². The summed E-state index contributed by atoms with van der Waals surface area (Å²) in [6.07, 6.45) is 2.52. The van der Waals surface area contributed by atoms with Gasteiger partial charge in [-0.25, -0.2) is 0 Å².